The molecule has 0 spiro atoms. The molecule has 0 saturated carbocycles. The molecule has 0 saturated heterocycles. The van der Waals surface area contributed by atoms with Crippen LogP contribution in [0, 0.1) is 0 Å². The summed E-state index contributed by atoms with van der Waals surface area (Å²) in [6, 6.07) is 11.3. The minimum atomic E-state index is -1.35. The molecular weight excluding hydrogens is 332 g/mol. The minimum absolute atomic E-state index is 0.166. The lowest BCUT2D eigenvalue weighted by molar-refractivity contribution is -0.143. The maximum Gasteiger partial charge on any atom is 0.323 e. The highest BCUT2D eigenvalue weighted by Gasteiger charge is 2.35. The molecule has 2 aliphatic heterocycles. The Balaban J connectivity index is 1.72. The van der Waals surface area contributed by atoms with Crippen LogP contribution in [0.25, 0.3) is 10.9 Å². The van der Waals surface area contributed by atoms with E-state index in [1.165, 1.54) is 7.11 Å². The van der Waals surface area contributed by atoms with Gasteiger partial charge in [-0.05, 0) is 29.3 Å². The molecule has 6 nitrogen and oxygen atoms in total. The van der Waals surface area contributed by atoms with E-state index in [2.05, 4.69) is 10.3 Å². The van der Waals surface area contributed by atoms with Gasteiger partial charge in [-0.3, -0.25) is 10.1 Å². The maximum atomic E-state index is 12.3. The topological polar surface area (TPSA) is 72.6 Å². The average Bonchev–Trinajstić information content (AvgIpc) is 3.31. The van der Waals surface area contributed by atoms with Crippen molar-refractivity contribution in [2.45, 2.75) is 18.5 Å². The van der Waals surface area contributed by atoms with Crippen LogP contribution in [0.1, 0.15) is 24.2 Å². The minimum Gasteiger partial charge on any atom is -0.468 e. The monoisotopic (exact) mass is 351 g/mol. The molecular formula is C20H18N2O4. The van der Waals surface area contributed by atoms with Crippen LogP contribution < -0.4 is 14.8 Å². The number of carbonyl (C=O) groups excluding carboxylic acids is 1. The summed E-state index contributed by atoms with van der Waals surface area (Å²) < 4.78 is 25.1. The lowest BCUT2D eigenvalue weighted by atomic mass is 9.90. The van der Waals surface area contributed by atoms with Crippen LogP contribution >= 0.6 is 0 Å². The molecule has 0 unspecified atom stereocenters. The number of aromatic amines is 1. The van der Waals surface area contributed by atoms with E-state index in [-0.39, 0.29) is 12.8 Å². The third-order valence-corrected chi connectivity index (χ3v) is 4.94. The molecule has 3 aromatic rings. The van der Waals surface area contributed by atoms with E-state index in [0.29, 0.717) is 23.5 Å². The molecule has 2 aromatic carbocycles. The number of rotatable bonds is 2. The molecule has 0 bridgehead atoms. The van der Waals surface area contributed by atoms with E-state index in [9.17, 15) is 6.17 Å². The number of aromatic nitrogens is 1. The number of methoxy groups -OCH3 is 1. The Morgan fingerprint density at radius 1 is 1.23 bits per heavy atom. The molecule has 1 aromatic heterocycles. The summed E-state index contributed by atoms with van der Waals surface area (Å²) in [5.41, 5.74) is 3.27. The zero-order chi connectivity index (χ0) is 18.6. The molecule has 26 heavy (non-hydrogen) atoms. The molecule has 2 N–H and O–H groups in total. The van der Waals surface area contributed by atoms with Crippen LogP contribution in [-0.2, 0) is 16.0 Å². The first-order valence-corrected chi connectivity index (χ1v) is 8.46. The first-order valence-electron chi connectivity index (χ1n) is 8.96. The van der Waals surface area contributed by atoms with Crippen LogP contribution in [-0.4, -0.2) is 30.9 Å². The van der Waals surface area contributed by atoms with Gasteiger partial charge >= 0.3 is 5.97 Å². The summed E-state index contributed by atoms with van der Waals surface area (Å²) in [7, 11) is 1.36. The molecule has 0 aliphatic carbocycles. The number of benzene rings is 2. The first kappa shape index (κ1) is 14.2. The van der Waals surface area contributed by atoms with Crippen molar-refractivity contribution >= 4 is 16.9 Å². The van der Waals surface area contributed by atoms with E-state index < -0.39 is 12.1 Å². The molecule has 3 heterocycles. The fraction of sp³-hybridized carbons (Fsp3) is 0.250. The highest BCUT2D eigenvalue weighted by molar-refractivity contribution is 5.87. The van der Waals surface area contributed by atoms with Gasteiger partial charge in [0.2, 0.25) is 6.79 Å². The summed E-state index contributed by atoms with van der Waals surface area (Å²) in [5, 5.41) is 4.18. The van der Waals surface area contributed by atoms with Gasteiger partial charge < -0.3 is 19.2 Å². The molecule has 0 fully saturated rings. The number of nitrogens with one attached hydrogen (secondary N) is 2. The van der Waals surface area contributed by atoms with Crippen molar-refractivity contribution in [1.29, 1.82) is 0 Å². The summed E-state index contributed by atoms with van der Waals surface area (Å²) in [6.45, 7) is 0.166. The van der Waals surface area contributed by atoms with E-state index in [1.54, 1.807) is 12.1 Å². The second-order valence-electron chi connectivity index (χ2n) is 6.39. The predicted octanol–water partition coefficient (Wildman–Crippen LogP) is 2.67. The van der Waals surface area contributed by atoms with Crippen LogP contribution in [0.15, 0.2) is 42.5 Å². The lowest BCUT2D eigenvalue weighted by Gasteiger charge is -2.30. The molecule has 5 rings (SSSR count). The lowest BCUT2D eigenvalue weighted by Crippen LogP contribution is -2.45. The van der Waals surface area contributed by atoms with Gasteiger partial charge in [0.05, 0.1) is 14.5 Å². The van der Waals surface area contributed by atoms with Gasteiger partial charge in [0.15, 0.2) is 11.5 Å². The Kier molecular flexibility index (Phi) is 3.16. The Bertz CT molecular complexity index is 1060. The molecule has 6 heteroatoms. The Hall–Kier alpha value is -2.99. The Labute approximate surface area is 151 Å². The predicted molar refractivity (Wildman–Crippen MR) is 95.4 cm³/mol. The first-order chi connectivity index (χ1) is 13.1. The standard InChI is InChI=1S/C20H18N2O4/c1-24-20(23)15-9-13-12-4-2-3-5-14(12)21-19(13)18(22-15)11-6-7-16-17(8-11)26-10-25-16/h2-8,15,18,21-22H,9-10H2,1H3/t15-,18-/m1/s1/i18D. The molecule has 0 amide bonds. The zero-order valence-electron chi connectivity index (χ0n) is 15.2. The number of fused-ring (bicyclic) bond motifs is 4. The van der Waals surface area contributed by atoms with Gasteiger partial charge in [0.25, 0.3) is 0 Å². The average molecular weight is 351 g/mol. The number of hydrogen-bond acceptors (Lipinski definition) is 5. The van der Waals surface area contributed by atoms with Gasteiger partial charge in [-0.1, -0.05) is 24.3 Å². The van der Waals surface area contributed by atoms with Gasteiger partial charge in [-0.2, -0.15) is 0 Å². The van der Waals surface area contributed by atoms with Crippen LogP contribution in [0.2, 0.25) is 0 Å². The van der Waals surface area contributed by atoms with Gasteiger partial charge in [0.1, 0.15) is 6.04 Å². The van der Waals surface area contributed by atoms with Gasteiger partial charge in [-0.25, -0.2) is 0 Å². The largest absolute Gasteiger partial charge is 0.468 e. The molecule has 2 atom stereocenters. The van der Waals surface area contributed by atoms with E-state index in [0.717, 1.165) is 22.2 Å². The Morgan fingerprint density at radius 3 is 2.96 bits per heavy atom. The third kappa shape index (κ3) is 2.26. The highest BCUT2D eigenvalue weighted by atomic mass is 16.7. The number of para-hydroxylation sites is 1. The van der Waals surface area contributed by atoms with Crippen molar-refractivity contribution < 1.29 is 20.4 Å². The fourth-order valence-electron chi connectivity index (χ4n) is 3.69. The van der Waals surface area contributed by atoms with Gasteiger partial charge in [0, 0.05) is 23.0 Å². The quantitative estimate of drug-likeness (QED) is 0.695. The maximum absolute atomic E-state index is 12.3. The third-order valence-electron chi connectivity index (χ3n) is 4.94. The smallest absolute Gasteiger partial charge is 0.323 e. The van der Waals surface area contributed by atoms with Crippen molar-refractivity contribution in [2.24, 2.45) is 0 Å². The van der Waals surface area contributed by atoms with E-state index in [1.807, 2.05) is 30.3 Å². The highest BCUT2D eigenvalue weighted by Crippen LogP contribution is 2.39. The van der Waals surface area contributed by atoms with Crippen molar-refractivity contribution in [3.05, 3.63) is 59.3 Å². The van der Waals surface area contributed by atoms with Crippen molar-refractivity contribution in [2.75, 3.05) is 13.9 Å². The van der Waals surface area contributed by atoms with Gasteiger partial charge in [-0.15, -0.1) is 0 Å². The SMILES string of the molecule is [2H][C@]1(c2ccc3c(c2)OCO3)N[C@@H](C(=O)OC)Cc2c1[nH]c1ccccc21. The normalized spacial score (nSPS) is 24.2. The summed E-state index contributed by atoms with van der Waals surface area (Å²) >= 11 is 0. The number of hydrogen-bond donors (Lipinski definition) is 2. The van der Waals surface area contributed by atoms with E-state index in [4.69, 9.17) is 14.2 Å². The van der Waals surface area contributed by atoms with Crippen molar-refractivity contribution in [3.8, 4) is 11.5 Å². The second-order valence-corrected chi connectivity index (χ2v) is 6.39. The van der Waals surface area contributed by atoms with Crippen LogP contribution in [0.3, 0.4) is 0 Å². The zero-order valence-corrected chi connectivity index (χ0v) is 14.2. The van der Waals surface area contributed by atoms with E-state index >= 15 is 0 Å². The summed E-state index contributed by atoms with van der Waals surface area (Å²) in [4.78, 5) is 15.7. The van der Waals surface area contributed by atoms with Crippen LogP contribution in [0.4, 0.5) is 0 Å². The van der Waals surface area contributed by atoms with Crippen molar-refractivity contribution in [1.82, 2.24) is 10.3 Å². The fourth-order valence-corrected chi connectivity index (χ4v) is 3.69. The van der Waals surface area contributed by atoms with Crippen LogP contribution in [0.5, 0.6) is 11.5 Å². The molecule has 2 aliphatic rings. The number of esters is 1. The number of ether oxygens (including phenoxy) is 3. The second kappa shape index (κ2) is 5.78. The molecule has 132 valence electrons. The summed E-state index contributed by atoms with van der Waals surface area (Å²) in [5.74, 6) is 0.863. The Morgan fingerprint density at radius 2 is 2.08 bits per heavy atom. The molecule has 0 radical (unpaired) electrons. The number of carbonyl (C=O) groups is 1. The number of H-pyrrole nitrogens is 1. The van der Waals surface area contributed by atoms with Crippen molar-refractivity contribution in [3.63, 3.8) is 0 Å². The summed E-state index contributed by atoms with van der Waals surface area (Å²) in [6.07, 6.45) is 0.456.